The van der Waals surface area contributed by atoms with Gasteiger partial charge < -0.3 is 20.9 Å². The van der Waals surface area contributed by atoms with Gasteiger partial charge in [-0.25, -0.2) is 0 Å². The standard InChI is InChI=1S/C13H16N2O5S/c14-11(16)5-6-20-10-4-2-1-3-9(10)15-12(17)7-21-8-13(18)19/h1-4H,5-8H2,(H2,14,16)(H,15,17)(H,18,19). The number of nitrogens with two attached hydrogens (primary N) is 1. The van der Waals surface area contributed by atoms with E-state index in [9.17, 15) is 14.4 Å². The zero-order valence-corrected chi connectivity index (χ0v) is 12.0. The van der Waals surface area contributed by atoms with Gasteiger partial charge in [-0.1, -0.05) is 12.1 Å². The molecule has 1 rings (SSSR count). The quantitative estimate of drug-likeness (QED) is 0.617. The fourth-order valence-corrected chi connectivity index (χ4v) is 1.91. The lowest BCUT2D eigenvalue weighted by molar-refractivity contribution is -0.133. The molecule has 0 aliphatic rings. The summed E-state index contributed by atoms with van der Waals surface area (Å²) < 4.78 is 5.38. The highest BCUT2D eigenvalue weighted by Crippen LogP contribution is 2.24. The maximum absolute atomic E-state index is 11.7. The molecule has 0 radical (unpaired) electrons. The monoisotopic (exact) mass is 312 g/mol. The maximum atomic E-state index is 11.7. The highest BCUT2D eigenvalue weighted by molar-refractivity contribution is 8.00. The molecule has 0 aliphatic carbocycles. The molecule has 0 aromatic heterocycles. The second-order valence-corrected chi connectivity index (χ2v) is 4.98. The Morgan fingerprint density at radius 2 is 1.95 bits per heavy atom. The molecule has 0 fully saturated rings. The van der Waals surface area contributed by atoms with E-state index in [1.165, 1.54) is 0 Å². The van der Waals surface area contributed by atoms with Crippen LogP contribution >= 0.6 is 11.8 Å². The van der Waals surface area contributed by atoms with Gasteiger partial charge in [0.1, 0.15) is 5.75 Å². The Bertz CT molecular complexity index is 521. The Morgan fingerprint density at radius 1 is 1.24 bits per heavy atom. The first-order valence-corrected chi connectivity index (χ1v) is 7.24. The molecule has 0 saturated carbocycles. The second-order valence-electron chi connectivity index (χ2n) is 4.00. The fourth-order valence-electron chi connectivity index (χ4n) is 1.37. The molecule has 114 valence electrons. The highest BCUT2D eigenvalue weighted by atomic mass is 32.2. The smallest absolute Gasteiger partial charge is 0.313 e. The summed E-state index contributed by atoms with van der Waals surface area (Å²) in [5.74, 6) is -1.45. The van der Waals surface area contributed by atoms with Crippen molar-refractivity contribution < 1.29 is 24.2 Å². The minimum atomic E-state index is -0.969. The van der Waals surface area contributed by atoms with Crippen LogP contribution in [0.1, 0.15) is 6.42 Å². The van der Waals surface area contributed by atoms with E-state index < -0.39 is 11.9 Å². The van der Waals surface area contributed by atoms with E-state index in [4.69, 9.17) is 15.6 Å². The normalized spacial score (nSPS) is 9.90. The Morgan fingerprint density at radius 3 is 2.62 bits per heavy atom. The maximum Gasteiger partial charge on any atom is 0.313 e. The molecule has 2 amide bonds. The largest absolute Gasteiger partial charge is 0.491 e. The summed E-state index contributed by atoms with van der Waals surface area (Å²) in [6.45, 7) is 0.121. The summed E-state index contributed by atoms with van der Waals surface area (Å²) in [5.41, 5.74) is 5.48. The van der Waals surface area contributed by atoms with Crippen LogP contribution in [0.2, 0.25) is 0 Å². The average Bonchev–Trinajstić information content (AvgIpc) is 2.40. The van der Waals surface area contributed by atoms with Crippen molar-refractivity contribution in [2.75, 3.05) is 23.4 Å². The number of amides is 2. The number of benzene rings is 1. The Labute approximate surface area is 125 Å². The predicted molar refractivity (Wildman–Crippen MR) is 79.3 cm³/mol. The van der Waals surface area contributed by atoms with E-state index in [-0.39, 0.29) is 30.4 Å². The van der Waals surface area contributed by atoms with Crippen LogP contribution in [0.4, 0.5) is 5.69 Å². The molecule has 7 nitrogen and oxygen atoms in total. The van der Waals surface area contributed by atoms with E-state index in [1.54, 1.807) is 24.3 Å². The molecule has 1 aromatic carbocycles. The van der Waals surface area contributed by atoms with Crippen molar-refractivity contribution >= 4 is 35.2 Å². The summed E-state index contributed by atoms with van der Waals surface area (Å²) in [4.78, 5) is 32.7. The van der Waals surface area contributed by atoms with Crippen molar-refractivity contribution in [3.8, 4) is 5.75 Å². The van der Waals surface area contributed by atoms with Crippen molar-refractivity contribution in [3.05, 3.63) is 24.3 Å². The minimum absolute atomic E-state index is 0.0297. The van der Waals surface area contributed by atoms with Crippen molar-refractivity contribution in [1.82, 2.24) is 0 Å². The molecule has 0 heterocycles. The number of carboxylic acid groups (broad SMARTS) is 1. The number of ether oxygens (including phenoxy) is 1. The van der Waals surface area contributed by atoms with Gasteiger partial charge in [-0.15, -0.1) is 11.8 Å². The fraction of sp³-hybridized carbons (Fsp3) is 0.308. The zero-order chi connectivity index (χ0) is 15.7. The van der Waals surface area contributed by atoms with E-state index >= 15 is 0 Å². The van der Waals surface area contributed by atoms with Crippen molar-refractivity contribution in [2.45, 2.75) is 6.42 Å². The summed E-state index contributed by atoms with van der Waals surface area (Å²) in [6, 6.07) is 6.76. The van der Waals surface area contributed by atoms with Gasteiger partial charge in [0.25, 0.3) is 0 Å². The predicted octanol–water partition coefficient (Wildman–Crippen LogP) is 0.697. The highest BCUT2D eigenvalue weighted by Gasteiger charge is 2.09. The van der Waals surface area contributed by atoms with E-state index in [0.29, 0.717) is 11.4 Å². The minimum Gasteiger partial charge on any atom is -0.491 e. The second kappa shape index (κ2) is 8.85. The molecule has 21 heavy (non-hydrogen) atoms. The number of thioether (sulfide) groups is 1. The molecule has 0 spiro atoms. The number of para-hydroxylation sites is 2. The van der Waals surface area contributed by atoms with Gasteiger partial charge in [0.15, 0.2) is 0 Å². The average molecular weight is 312 g/mol. The number of carbonyl (C=O) groups excluding carboxylic acids is 2. The third kappa shape index (κ3) is 7.21. The number of hydrogen-bond donors (Lipinski definition) is 3. The van der Waals surface area contributed by atoms with Crippen molar-refractivity contribution in [2.24, 2.45) is 5.73 Å². The number of anilines is 1. The number of carbonyl (C=O) groups is 3. The molecular weight excluding hydrogens is 296 g/mol. The van der Waals surface area contributed by atoms with Crippen LogP contribution < -0.4 is 15.8 Å². The van der Waals surface area contributed by atoms with Crippen LogP contribution in [0, 0.1) is 0 Å². The van der Waals surface area contributed by atoms with Crippen LogP contribution in [0.5, 0.6) is 5.75 Å². The summed E-state index contributed by atoms with van der Waals surface area (Å²) in [6.07, 6.45) is 0.0801. The molecule has 4 N–H and O–H groups in total. The number of carboxylic acids is 1. The number of aliphatic carboxylic acids is 1. The van der Waals surface area contributed by atoms with Crippen molar-refractivity contribution in [3.63, 3.8) is 0 Å². The van der Waals surface area contributed by atoms with Gasteiger partial charge in [0, 0.05) is 0 Å². The Kier molecular flexibility index (Phi) is 7.10. The lowest BCUT2D eigenvalue weighted by atomic mass is 10.3. The SMILES string of the molecule is NC(=O)CCOc1ccccc1NC(=O)CSCC(=O)O. The van der Waals surface area contributed by atoms with Gasteiger partial charge in [-0.3, -0.25) is 14.4 Å². The van der Waals surface area contributed by atoms with Crippen LogP contribution in [0.15, 0.2) is 24.3 Å². The van der Waals surface area contributed by atoms with Crippen molar-refractivity contribution in [1.29, 1.82) is 0 Å². The molecule has 0 bridgehead atoms. The first-order chi connectivity index (χ1) is 9.99. The third-order valence-corrected chi connectivity index (χ3v) is 3.14. The Hall–Kier alpha value is -2.22. The van der Waals surface area contributed by atoms with Crippen LogP contribution in [-0.2, 0) is 14.4 Å². The summed E-state index contributed by atoms with van der Waals surface area (Å²) in [5, 5.41) is 11.1. The first-order valence-electron chi connectivity index (χ1n) is 6.08. The summed E-state index contributed by atoms with van der Waals surface area (Å²) >= 11 is 1.00. The Balaban J connectivity index is 2.51. The van der Waals surface area contributed by atoms with Gasteiger partial charge in [0.05, 0.1) is 30.2 Å². The first kappa shape index (κ1) is 16.8. The van der Waals surface area contributed by atoms with Gasteiger partial charge >= 0.3 is 5.97 Å². The third-order valence-electron chi connectivity index (χ3n) is 2.23. The van der Waals surface area contributed by atoms with E-state index in [0.717, 1.165) is 11.8 Å². The number of nitrogens with one attached hydrogen (secondary N) is 1. The van der Waals surface area contributed by atoms with E-state index in [2.05, 4.69) is 5.32 Å². The van der Waals surface area contributed by atoms with E-state index in [1.807, 2.05) is 0 Å². The van der Waals surface area contributed by atoms with Gasteiger partial charge in [0.2, 0.25) is 11.8 Å². The molecule has 0 saturated heterocycles. The lowest BCUT2D eigenvalue weighted by Gasteiger charge is -2.11. The number of primary amides is 1. The molecule has 0 unspecified atom stereocenters. The van der Waals surface area contributed by atoms with Crippen LogP contribution in [-0.4, -0.2) is 41.0 Å². The lowest BCUT2D eigenvalue weighted by Crippen LogP contribution is -2.17. The zero-order valence-electron chi connectivity index (χ0n) is 11.2. The van der Waals surface area contributed by atoms with Crippen LogP contribution in [0.3, 0.4) is 0 Å². The van der Waals surface area contributed by atoms with Gasteiger partial charge in [-0.05, 0) is 12.1 Å². The molecule has 8 heteroatoms. The summed E-state index contributed by atoms with van der Waals surface area (Å²) in [7, 11) is 0. The van der Waals surface area contributed by atoms with Crippen LogP contribution in [0.25, 0.3) is 0 Å². The molecular formula is C13H16N2O5S. The number of rotatable bonds is 9. The number of hydrogen-bond acceptors (Lipinski definition) is 5. The van der Waals surface area contributed by atoms with Gasteiger partial charge in [-0.2, -0.15) is 0 Å². The molecule has 1 aromatic rings. The topological polar surface area (TPSA) is 119 Å². The molecule has 0 aliphatic heterocycles. The molecule has 0 atom stereocenters.